The van der Waals surface area contributed by atoms with E-state index in [2.05, 4.69) is 15.3 Å². The first-order valence-corrected chi connectivity index (χ1v) is 7.64. The van der Waals surface area contributed by atoms with Gasteiger partial charge in [-0.3, -0.25) is 4.79 Å². The summed E-state index contributed by atoms with van der Waals surface area (Å²) < 4.78 is 13.3. The molecule has 2 aromatic rings. The minimum atomic E-state index is -1.05. The van der Waals surface area contributed by atoms with Crippen molar-refractivity contribution in [3.63, 3.8) is 0 Å². The molecule has 0 spiro atoms. The second-order valence-corrected chi connectivity index (χ2v) is 5.96. The molecule has 1 fully saturated rings. The number of carbonyl (C=O) groups is 1. The van der Waals surface area contributed by atoms with Crippen molar-refractivity contribution in [3.05, 3.63) is 58.4 Å². The van der Waals surface area contributed by atoms with Crippen molar-refractivity contribution in [3.8, 4) is 0 Å². The van der Waals surface area contributed by atoms with Crippen LogP contribution in [0.4, 0.5) is 4.39 Å². The van der Waals surface area contributed by atoms with Gasteiger partial charge in [-0.2, -0.15) is 0 Å². The maximum absolute atomic E-state index is 13.3. The highest BCUT2D eigenvalue weighted by molar-refractivity contribution is 6.30. The summed E-state index contributed by atoms with van der Waals surface area (Å²) in [5, 5.41) is 12.9. The van der Waals surface area contributed by atoms with Crippen LogP contribution in [0.25, 0.3) is 0 Å². The summed E-state index contributed by atoms with van der Waals surface area (Å²) in [6, 6.07) is 3.80. The first-order chi connectivity index (χ1) is 11.0. The van der Waals surface area contributed by atoms with Crippen LogP contribution in [0.15, 0.2) is 30.7 Å². The van der Waals surface area contributed by atoms with Gasteiger partial charge in [0.05, 0.1) is 17.4 Å². The van der Waals surface area contributed by atoms with E-state index in [9.17, 15) is 14.3 Å². The summed E-state index contributed by atoms with van der Waals surface area (Å²) in [7, 11) is 0. The third-order valence-electron chi connectivity index (χ3n) is 3.68. The van der Waals surface area contributed by atoms with Crippen LogP contribution in [0.5, 0.6) is 0 Å². The maximum Gasteiger partial charge on any atom is 0.254 e. The highest BCUT2D eigenvalue weighted by Gasteiger charge is 2.29. The lowest BCUT2D eigenvalue weighted by Gasteiger charge is -2.13. The van der Waals surface area contributed by atoms with Crippen molar-refractivity contribution in [2.45, 2.75) is 24.9 Å². The number of aliphatic hydroxyl groups is 1. The number of aliphatic hydroxyl groups excluding tert-OH is 1. The van der Waals surface area contributed by atoms with Crippen LogP contribution in [0, 0.1) is 5.82 Å². The minimum absolute atomic E-state index is 0.0579. The molecule has 120 valence electrons. The molecule has 1 amide bonds. The Labute approximate surface area is 137 Å². The summed E-state index contributed by atoms with van der Waals surface area (Å²) in [4.78, 5) is 20.3. The first kappa shape index (κ1) is 15.8. The van der Waals surface area contributed by atoms with Crippen LogP contribution in [0.1, 0.15) is 46.5 Å². The highest BCUT2D eigenvalue weighted by Crippen LogP contribution is 2.40. The smallest absolute Gasteiger partial charge is 0.254 e. The number of hydrogen-bond acceptors (Lipinski definition) is 4. The molecule has 7 heteroatoms. The summed E-state index contributed by atoms with van der Waals surface area (Å²) >= 11 is 5.76. The second-order valence-electron chi connectivity index (χ2n) is 5.52. The zero-order valence-electron chi connectivity index (χ0n) is 12.2. The third-order valence-corrected chi connectivity index (χ3v) is 3.90. The summed E-state index contributed by atoms with van der Waals surface area (Å²) in [5.74, 6) is -0.579. The number of carbonyl (C=O) groups excluding carboxylic acids is 1. The van der Waals surface area contributed by atoms with E-state index in [1.54, 1.807) is 0 Å². The van der Waals surface area contributed by atoms with Crippen molar-refractivity contribution < 1.29 is 14.3 Å². The zero-order valence-corrected chi connectivity index (χ0v) is 12.9. The van der Waals surface area contributed by atoms with Crippen LogP contribution in [0.2, 0.25) is 5.02 Å². The quantitative estimate of drug-likeness (QED) is 0.880. The Bertz CT molecular complexity index is 717. The lowest BCUT2D eigenvalue weighted by atomic mass is 10.1. The normalized spacial score (nSPS) is 15.3. The molecule has 5 nitrogen and oxygen atoms in total. The van der Waals surface area contributed by atoms with Gasteiger partial charge in [-0.15, -0.1) is 0 Å². The van der Waals surface area contributed by atoms with E-state index in [-0.39, 0.29) is 17.5 Å². The third kappa shape index (κ3) is 3.83. The van der Waals surface area contributed by atoms with E-state index in [0.717, 1.165) is 24.6 Å². The topological polar surface area (TPSA) is 75.1 Å². The van der Waals surface area contributed by atoms with E-state index in [0.29, 0.717) is 17.0 Å². The van der Waals surface area contributed by atoms with Crippen molar-refractivity contribution in [1.29, 1.82) is 0 Å². The molecule has 3 rings (SSSR count). The van der Waals surface area contributed by atoms with Gasteiger partial charge >= 0.3 is 0 Å². The van der Waals surface area contributed by atoms with Crippen LogP contribution in [-0.4, -0.2) is 27.5 Å². The Morgan fingerprint density at radius 2 is 2.22 bits per heavy atom. The molecule has 1 aliphatic rings. The number of benzene rings is 1. The van der Waals surface area contributed by atoms with Crippen LogP contribution in [0.3, 0.4) is 0 Å². The van der Waals surface area contributed by atoms with E-state index in [1.807, 2.05) is 0 Å². The lowest BCUT2D eigenvalue weighted by molar-refractivity contribution is 0.0914. The zero-order chi connectivity index (χ0) is 16.4. The van der Waals surface area contributed by atoms with Crippen molar-refractivity contribution >= 4 is 17.5 Å². The molecule has 1 saturated carbocycles. The van der Waals surface area contributed by atoms with Gasteiger partial charge in [0.25, 0.3) is 5.91 Å². The molecule has 0 bridgehead atoms. The van der Waals surface area contributed by atoms with Crippen molar-refractivity contribution in [2.24, 2.45) is 0 Å². The molecule has 0 aliphatic heterocycles. The van der Waals surface area contributed by atoms with Crippen LogP contribution < -0.4 is 5.32 Å². The number of rotatable bonds is 5. The largest absolute Gasteiger partial charge is 0.387 e. The monoisotopic (exact) mass is 335 g/mol. The van der Waals surface area contributed by atoms with Gasteiger partial charge in [-0.25, -0.2) is 14.4 Å². The Morgan fingerprint density at radius 1 is 1.43 bits per heavy atom. The lowest BCUT2D eigenvalue weighted by Crippen LogP contribution is -2.29. The maximum atomic E-state index is 13.3. The summed E-state index contributed by atoms with van der Waals surface area (Å²) in [5.41, 5.74) is 1.46. The Balaban J connectivity index is 1.67. The van der Waals surface area contributed by atoms with E-state index in [1.165, 1.54) is 24.7 Å². The molecule has 23 heavy (non-hydrogen) atoms. The number of amides is 1. The molecule has 1 aromatic heterocycles. The fraction of sp³-hybridized carbons (Fsp3) is 0.312. The number of halogens is 2. The SMILES string of the molecule is O=C(NCC(O)c1cc(F)cc(Cl)c1)c1cncnc1C1CC1. The standard InChI is InChI=1S/C16H15ClFN3O2/c17-11-3-10(4-12(18)5-11)14(22)7-20-16(23)13-6-19-8-21-15(13)9-1-2-9/h3-6,8-9,14,22H,1-2,7H2,(H,20,23). The van der Waals surface area contributed by atoms with Crippen LogP contribution >= 0.6 is 11.6 Å². The van der Waals surface area contributed by atoms with Crippen LogP contribution in [-0.2, 0) is 0 Å². The van der Waals surface area contributed by atoms with Gasteiger partial charge in [-0.05, 0) is 36.6 Å². The second kappa shape index (κ2) is 6.60. The Kier molecular flexibility index (Phi) is 4.54. The number of hydrogen-bond donors (Lipinski definition) is 2. The number of nitrogens with one attached hydrogen (secondary N) is 1. The van der Waals surface area contributed by atoms with Gasteiger partial charge in [-0.1, -0.05) is 11.6 Å². The number of nitrogens with zero attached hydrogens (tertiary/aromatic N) is 2. The predicted octanol–water partition coefficient (Wildman–Crippen LogP) is 2.61. The van der Waals surface area contributed by atoms with Gasteiger partial charge in [0, 0.05) is 23.7 Å². The van der Waals surface area contributed by atoms with E-state index >= 15 is 0 Å². The molecule has 1 atom stereocenters. The summed E-state index contributed by atoms with van der Waals surface area (Å²) in [6.45, 7) is -0.0579. The van der Waals surface area contributed by atoms with Crippen molar-refractivity contribution in [1.82, 2.24) is 15.3 Å². The number of aromatic nitrogens is 2. The Morgan fingerprint density at radius 3 is 2.91 bits per heavy atom. The minimum Gasteiger partial charge on any atom is -0.387 e. The molecule has 1 aromatic carbocycles. The molecule has 1 heterocycles. The van der Waals surface area contributed by atoms with E-state index in [4.69, 9.17) is 11.6 Å². The van der Waals surface area contributed by atoms with Gasteiger partial charge in [0.2, 0.25) is 0 Å². The summed E-state index contributed by atoms with van der Waals surface area (Å²) in [6.07, 6.45) is 3.87. The average molecular weight is 336 g/mol. The molecule has 0 radical (unpaired) electrons. The molecular weight excluding hydrogens is 321 g/mol. The fourth-order valence-electron chi connectivity index (χ4n) is 2.37. The van der Waals surface area contributed by atoms with Crippen molar-refractivity contribution in [2.75, 3.05) is 6.54 Å². The van der Waals surface area contributed by atoms with Gasteiger partial charge in [0.15, 0.2) is 0 Å². The highest BCUT2D eigenvalue weighted by atomic mass is 35.5. The fourth-order valence-corrected chi connectivity index (χ4v) is 2.60. The molecule has 1 aliphatic carbocycles. The van der Waals surface area contributed by atoms with Gasteiger partial charge < -0.3 is 10.4 Å². The first-order valence-electron chi connectivity index (χ1n) is 7.26. The molecule has 0 saturated heterocycles. The Hall–Kier alpha value is -2.05. The van der Waals surface area contributed by atoms with E-state index < -0.39 is 11.9 Å². The average Bonchev–Trinajstić information content (AvgIpc) is 3.36. The van der Waals surface area contributed by atoms with Gasteiger partial charge in [0.1, 0.15) is 12.1 Å². The molecule has 2 N–H and O–H groups in total. The molecule has 1 unspecified atom stereocenters. The molecular formula is C16H15ClFN3O2. The predicted molar refractivity (Wildman–Crippen MR) is 82.7 cm³/mol.